The van der Waals surface area contributed by atoms with Crippen molar-refractivity contribution in [2.45, 2.75) is 24.8 Å². The fourth-order valence-corrected chi connectivity index (χ4v) is 5.79. The van der Waals surface area contributed by atoms with Crippen LogP contribution in [0.3, 0.4) is 0 Å². The van der Waals surface area contributed by atoms with Crippen LogP contribution in [0.15, 0.2) is 91.0 Å². The van der Waals surface area contributed by atoms with Crippen molar-refractivity contribution in [2.24, 2.45) is 5.92 Å². The first-order chi connectivity index (χ1) is 16.7. The van der Waals surface area contributed by atoms with E-state index in [0.29, 0.717) is 13.0 Å². The summed E-state index contributed by atoms with van der Waals surface area (Å²) in [5, 5.41) is 0. The summed E-state index contributed by atoms with van der Waals surface area (Å²) < 4.78 is 5.10. The first-order valence-corrected chi connectivity index (χ1v) is 12.9. The number of nitrogens with zero attached hydrogens (tertiary/aromatic N) is 1. The number of likely N-dealkylation sites (tertiary alicyclic amines) is 1. The number of aryl methyl sites for hydroxylation is 1. The van der Waals surface area contributed by atoms with Gasteiger partial charge < -0.3 is 9.64 Å². The molecule has 3 aromatic carbocycles. The van der Waals surface area contributed by atoms with E-state index < -0.39 is 12.0 Å². The molecule has 0 saturated carbocycles. The SMILES string of the molecule is COC(=O)[C@@H]1C[C@H](CSCCc2ccccc2)CN1C(=O)C(c1ccccc1)c1ccccc1. The normalized spacial score (nSPS) is 17.6. The minimum Gasteiger partial charge on any atom is -0.467 e. The number of methoxy groups -OCH3 is 1. The van der Waals surface area contributed by atoms with Crippen molar-refractivity contribution in [2.75, 3.05) is 25.2 Å². The molecular weight excluding hydrogens is 442 g/mol. The zero-order valence-corrected chi connectivity index (χ0v) is 20.3. The topological polar surface area (TPSA) is 46.6 Å². The van der Waals surface area contributed by atoms with Gasteiger partial charge in [-0.2, -0.15) is 11.8 Å². The van der Waals surface area contributed by atoms with Crippen LogP contribution in [0.4, 0.5) is 0 Å². The summed E-state index contributed by atoms with van der Waals surface area (Å²) in [5.74, 6) is 1.40. The Labute approximate surface area is 206 Å². The molecule has 4 nitrogen and oxygen atoms in total. The molecule has 0 aliphatic carbocycles. The second-order valence-corrected chi connectivity index (χ2v) is 9.85. The lowest BCUT2D eigenvalue weighted by Crippen LogP contribution is -2.43. The summed E-state index contributed by atoms with van der Waals surface area (Å²) in [6, 6.07) is 29.6. The molecule has 1 fully saturated rings. The van der Waals surface area contributed by atoms with Gasteiger partial charge in [-0.25, -0.2) is 4.79 Å². The largest absolute Gasteiger partial charge is 0.467 e. The van der Waals surface area contributed by atoms with Crippen LogP contribution >= 0.6 is 11.8 Å². The minimum absolute atomic E-state index is 0.0374. The smallest absolute Gasteiger partial charge is 0.328 e. The molecule has 0 N–H and O–H groups in total. The molecule has 1 aliphatic rings. The summed E-state index contributed by atoms with van der Waals surface area (Å²) in [5.41, 5.74) is 3.20. The Balaban J connectivity index is 1.48. The van der Waals surface area contributed by atoms with Crippen LogP contribution in [0.2, 0.25) is 0 Å². The van der Waals surface area contributed by atoms with Gasteiger partial charge in [0.25, 0.3) is 0 Å². The summed E-state index contributed by atoms with van der Waals surface area (Å²) in [4.78, 5) is 28.4. The molecule has 3 aromatic rings. The molecule has 1 aliphatic heterocycles. The molecule has 1 amide bonds. The predicted octanol–water partition coefficient (Wildman–Crippen LogP) is 5.18. The highest BCUT2D eigenvalue weighted by atomic mass is 32.2. The van der Waals surface area contributed by atoms with Crippen molar-refractivity contribution >= 4 is 23.6 Å². The third-order valence-corrected chi connectivity index (χ3v) is 7.59. The van der Waals surface area contributed by atoms with Crippen LogP contribution in [0.25, 0.3) is 0 Å². The number of ether oxygens (including phenoxy) is 1. The summed E-state index contributed by atoms with van der Waals surface area (Å²) >= 11 is 1.89. The lowest BCUT2D eigenvalue weighted by atomic mass is 9.90. The van der Waals surface area contributed by atoms with Gasteiger partial charge in [-0.05, 0) is 47.0 Å². The maximum atomic E-state index is 13.9. The van der Waals surface area contributed by atoms with Crippen LogP contribution in [-0.2, 0) is 20.7 Å². The third kappa shape index (κ3) is 5.89. The van der Waals surface area contributed by atoms with Crippen LogP contribution in [-0.4, -0.2) is 48.0 Å². The average Bonchev–Trinajstić information content (AvgIpc) is 3.32. The number of thioether (sulfide) groups is 1. The van der Waals surface area contributed by atoms with E-state index in [1.807, 2.05) is 78.5 Å². The highest BCUT2D eigenvalue weighted by Crippen LogP contribution is 2.33. The summed E-state index contributed by atoms with van der Waals surface area (Å²) in [6.07, 6.45) is 1.67. The van der Waals surface area contributed by atoms with E-state index >= 15 is 0 Å². The Morgan fingerprint density at radius 2 is 1.47 bits per heavy atom. The molecule has 1 saturated heterocycles. The van der Waals surface area contributed by atoms with Crippen LogP contribution in [0.5, 0.6) is 0 Å². The van der Waals surface area contributed by atoms with Crippen LogP contribution in [0.1, 0.15) is 29.0 Å². The van der Waals surface area contributed by atoms with Gasteiger partial charge in [-0.3, -0.25) is 4.79 Å². The van der Waals surface area contributed by atoms with E-state index in [1.165, 1.54) is 12.7 Å². The van der Waals surface area contributed by atoms with Crippen molar-refractivity contribution < 1.29 is 14.3 Å². The van der Waals surface area contributed by atoms with E-state index in [4.69, 9.17) is 4.74 Å². The quantitative estimate of drug-likeness (QED) is 0.317. The van der Waals surface area contributed by atoms with Gasteiger partial charge in [0, 0.05) is 6.54 Å². The van der Waals surface area contributed by atoms with Crippen molar-refractivity contribution in [1.82, 2.24) is 4.90 Å². The third-order valence-electron chi connectivity index (χ3n) is 6.39. The number of esters is 1. The lowest BCUT2D eigenvalue weighted by Gasteiger charge is -2.28. The predicted molar refractivity (Wildman–Crippen MR) is 138 cm³/mol. The lowest BCUT2D eigenvalue weighted by molar-refractivity contribution is -0.151. The van der Waals surface area contributed by atoms with Gasteiger partial charge in [0.1, 0.15) is 6.04 Å². The molecule has 2 atom stereocenters. The number of carbonyl (C=O) groups excluding carboxylic acids is 2. The van der Waals surface area contributed by atoms with E-state index in [-0.39, 0.29) is 17.8 Å². The fourth-order valence-electron chi connectivity index (χ4n) is 4.67. The fraction of sp³-hybridized carbons (Fsp3) is 0.310. The van der Waals surface area contributed by atoms with Gasteiger partial charge in [-0.1, -0.05) is 91.0 Å². The number of hydrogen-bond donors (Lipinski definition) is 0. The molecule has 34 heavy (non-hydrogen) atoms. The second-order valence-electron chi connectivity index (χ2n) is 8.70. The first-order valence-electron chi connectivity index (χ1n) is 11.8. The Bertz CT molecular complexity index is 1020. The standard InChI is InChI=1S/C29H31NO3S/c1-33-29(32)26-19-23(21-34-18-17-22-11-5-2-6-12-22)20-30(26)28(31)27(24-13-7-3-8-14-24)25-15-9-4-10-16-25/h2-16,23,26-27H,17-21H2,1H3/t23-,26-/m0/s1. The van der Waals surface area contributed by atoms with Crippen molar-refractivity contribution in [1.29, 1.82) is 0 Å². The molecule has 1 heterocycles. The first kappa shape index (κ1) is 24.1. The zero-order valence-electron chi connectivity index (χ0n) is 19.5. The molecule has 5 heteroatoms. The minimum atomic E-state index is -0.535. The Hall–Kier alpha value is -3.05. The van der Waals surface area contributed by atoms with E-state index in [0.717, 1.165) is 29.1 Å². The number of carbonyl (C=O) groups is 2. The van der Waals surface area contributed by atoms with E-state index in [1.54, 1.807) is 4.90 Å². The van der Waals surface area contributed by atoms with Gasteiger partial charge in [-0.15, -0.1) is 0 Å². The molecule has 0 unspecified atom stereocenters. The Kier molecular flexibility index (Phi) is 8.42. The number of hydrogen-bond acceptors (Lipinski definition) is 4. The van der Waals surface area contributed by atoms with Gasteiger partial charge in [0.2, 0.25) is 5.91 Å². The molecule has 4 rings (SSSR count). The number of amides is 1. The van der Waals surface area contributed by atoms with Crippen LogP contribution < -0.4 is 0 Å². The number of benzene rings is 3. The monoisotopic (exact) mass is 473 g/mol. The number of rotatable bonds is 9. The highest BCUT2D eigenvalue weighted by Gasteiger charge is 2.42. The molecule has 0 bridgehead atoms. The van der Waals surface area contributed by atoms with Crippen LogP contribution in [0, 0.1) is 5.92 Å². The summed E-state index contributed by atoms with van der Waals surface area (Å²) in [6.45, 7) is 0.576. The average molecular weight is 474 g/mol. The van der Waals surface area contributed by atoms with E-state index in [9.17, 15) is 9.59 Å². The van der Waals surface area contributed by atoms with Gasteiger partial charge in [0.15, 0.2) is 0 Å². The maximum Gasteiger partial charge on any atom is 0.328 e. The Morgan fingerprint density at radius 3 is 2.03 bits per heavy atom. The molecule has 176 valence electrons. The molecule has 0 aromatic heterocycles. The van der Waals surface area contributed by atoms with Gasteiger partial charge >= 0.3 is 5.97 Å². The zero-order chi connectivity index (χ0) is 23.8. The molecule has 0 spiro atoms. The molecular formula is C29H31NO3S. The van der Waals surface area contributed by atoms with Crippen molar-refractivity contribution in [3.05, 3.63) is 108 Å². The van der Waals surface area contributed by atoms with Gasteiger partial charge in [0.05, 0.1) is 13.0 Å². The summed E-state index contributed by atoms with van der Waals surface area (Å²) in [7, 11) is 1.40. The van der Waals surface area contributed by atoms with E-state index in [2.05, 4.69) is 24.3 Å². The maximum absolute atomic E-state index is 13.9. The second kappa shape index (κ2) is 11.9. The molecule has 0 radical (unpaired) electrons. The van der Waals surface area contributed by atoms with Crippen molar-refractivity contribution in [3.8, 4) is 0 Å². The highest BCUT2D eigenvalue weighted by molar-refractivity contribution is 7.99. The van der Waals surface area contributed by atoms with Crippen molar-refractivity contribution in [3.63, 3.8) is 0 Å². The Morgan fingerprint density at radius 1 is 0.912 bits per heavy atom.